The van der Waals surface area contributed by atoms with Crippen LogP contribution in [0, 0.1) is 25.6 Å². The standard InChI is InChI=1S/C12H16N4O5/c1-12(2,11(13)17)7-14-6-8-3-4-9(15(18)19)5-10(8)16(20)21/h3-5,14H,6-7H2,1-2H3,(H2,13,17). The number of nitro groups is 2. The van der Waals surface area contributed by atoms with E-state index in [-0.39, 0.29) is 24.5 Å². The molecular weight excluding hydrogens is 280 g/mol. The molecule has 0 atom stereocenters. The molecule has 0 unspecified atom stereocenters. The summed E-state index contributed by atoms with van der Waals surface area (Å²) in [5.74, 6) is -0.492. The lowest BCUT2D eigenvalue weighted by Gasteiger charge is -2.20. The van der Waals surface area contributed by atoms with Crippen molar-refractivity contribution in [3.05, 3.63) is 44.0 Å². The van der Waals surface area contributed by atoms with Crippen molar-refractivity contribution in [1.82, 2.24) is 5.32 Å². The zero-order chi connectivity index (χ0) is 16.2. The van der Waals surface area contributed by atoms with Gasteiger partial charge in [-0.15, -0.1) is 0 Å². The average molecular weight is 296 g/mol. The van der Waals surface area contributed by atoms with Crippen LogP contribution in [-0.2, 0) is 11.3 Å². The van der Waals surface area contributed by atoms with E-state index in [0.29, 0.717) is 5.56 Å². The summed E-state index contributed by atoms with van der Waals surface area (Å²) in [5, 5.41) is 24.5. The molecule has 0 aliphatic rings. The first kappa shape index (κ1) is 16.5. The van der Waals surface area contributed by atoms with Crippen LogP contribution < -0.4 is 11.1 Å². The van der Waals surface area contributed by atoms with Gasteiger partial charge < -0.3 is 11.1 Å². The van der Waals surface area contributed by atoms with Crippen molar-refractivity contribution in [1.29, 1.82) is 0 Å². The van der Waals surface area contributed by atoms with Gasteiger partial charge >= 0.3 is 0 Å². The summed E-state index contributed by atoms with van der Waals surface area (Å²) >= 11 is 0. The van der Waals surface area contributed by atoms with Crippen LogP contribution in [0.1, 0.15) is 19.4 Å². The number of nitrogens with zero attached hydrogens (tertiary/aromatic N) is 2. The Kier molecular flexibility index (Phi) is 4.93. The third-order valence-electron chi connectivity index (χ3n) is 3.03. The Morgan fingerprint density at radius 1 is 1.29 bits per heavy atom. The molecule has 114 valence electrons. The fourth-order valence-electron chi connectivity index (χ4n) is 1.58. The zero-order valence-corrected chi connectivity index (χ0v) is 11.7. The van der Waals surface area contributed by atoms with Gasteiger partial charge in [0.15, 0.2) is 0 Å². The molecule has 1 aromatic carbocycles. The largest absolute Gasteiger partial charge is 0.369 e. The SMILES string of the molecule is CC(C)(CNCc1ccc([N+](=O)[O-])cc1[N+](=O)[O-])C(N)=O. The van der Waals surface area contributed by atoms with Gasteiger partial charge in [-0.1, -0.05) is 0 Å². The number of primary amides is 1. The fraction of sp³-hybridized carbons (Fsp3) is 0.417. The molecular formula is C12H16N4O5. The number of non-ortho nitro benzene ring substituents is 1. The Hall–Kier alpha value is -2.55. The van der Waals surface area contributed by atoms with Crippen LogP contribution in [0.15, 0.2) is 18.2 Å². The van der Waals surface area contributed by atoms with Gasteiger partial charge in [0.2, 0.25) is 5.91 Å². The molecule has 0 spiro atoms. The van der Waals surface area contributed by atoms with Crippen LogP contribution in [0.2, 0.25) is 0 Å². The van der Waals surface area contributed by atoms with Gasteiger partial charge in [-0.25, -0.2) is 0 Å². The Morgan fingerprint density at radius 2 is 1.90 bits per heavy atom. The highest BCUT2D eigenvalue weighted by molar-refractivity contribution is 5.80. The van der Waals surface area contributed by atoms with E-state index >= 15 is 0 Å². The number of carbonyl (C=O) groups excluding carboxylic acids is 1. The van der Waals surface area contributed by atoms with E-state index in [4.69, 9.17) is 5.73 Å². The van der Waals surface area contributed by atoms with Gasteiger partial charge in [-0.2, -0.15) is 0 Å². The maximum atomic E-state index is 11.2. The van der Waals surface area contributed by atoms with Crippen molar-refractivity contribution in [3.63, 3.8) is 0 Å². The summed E-state index contributed by atoms with van der Waals surface area (Å²) in [6.07, 6.45) is 0. The first-order valence-corrected chi connectivity index (χ1v) is 6.07. The summed E-state index contributed by atoms with van der Waals surface area (Å²) in [7, 11) is 0. The lowest BCUT2D eigenvalue weighted by molar-refractivity contribution is -0.394. The van der Waals surface area contributed by atoms with E-state index in [2.05, 4.69) is 5.32 Å². The van der Waals surface area contributed by atoms with Crippen LogP contribution in [0.3, 0.4) is 0 Å². The molecule has 1 rings (SSSR count). The molecule has 0 aliphatic heterocycles. The number of benzene rings is 1. The van der Waals surface area contributed by atoms with E-state index in [1.165, 1.54) is 12.1 Å². The van der Waals surface area contributed by atoms with Crippen molar-refractivity contribution >= 4 is 17.3 Å². The van der Waals surface area contributed by atoms with Crippen LogP contribution in [0.5, 0.6) is 0 Å². The van der Waals surface area contributed by atoms with Gasteiger partial charge in [0.25, 0.3) is 11.4 Å². The molecule has 9 heteroatoms. The van der Waals surface area contributed by atoms with Crippen molar-refractivity contribution < 1.29 is 14.6 Å². The second-order valence-electron chi connectivity index (χ2n) is 5.18. The summed E-state index contributed by atoms with van der Waals surface area (Å²) in [4.78, 5) is 31.4. The zero-order valence-electron chi connectivity index (χ0n) is 11.7. The normalized spacial score (nSPS) is 11.1. The van der Waals surface area contributed by atoms with E-state index in [1.807, 2.05) is 0 Å². The second-order valence-corrected chi connectivity index (χ2v) is 5.18. The van der Waals surface area contributed by atoms with Crippen molar-refractivity contribution in [2.75, 3.05) is 6.54 Å². The summed E-state index contributed by atoms with van der Waals surface area (Å²) in [6, 6.07) is 3.43. The monoisotopic (exact) mass is 296 g/mol. The molecule has 1 aromatic rings. The molecule has 21 heavy (non-hydrogen) atoms. The lowest BCUT2D eigenvalue weighted by atomic mass is 9.93. The maximum absolute atomic E-state index is 11.2. The van der Waals surface area contributed by atoms with Crippen molar-refractivity contribution in [2.45, 2.75) is 20.4 Å². The molecule has 0 heterocycles. The van der Waals surface area contributed by atoms with Gasteiger partial charge in [0, 0.05) is 24.7 Å². The highest BCUT2D eigenvalue weighted by Crippen LogP contribution is 2.24. The predicted molar refractivity (Wildman–Crippen MR) is 74.4 cm³/mol. The van der Waals surface area contributed by atoms with Crippen LogP contribution >= 0.6 is 0 Å². The number of hydrogen-bond acceptors (Lipinski definition) is 6. The molecule has 0 bridgehead atoms. The highest BCUT2D eigenvalue weighted by Gasteiger charge is 2.25. The van der Waals surface area contributed by atoms with E-state index in [9.17, 15) is 25.0 Å². The minimum absolute atomic E-state index is 0.102. The summed E-state index contributed by atoms with van der Waals surface area (Å²) < 4.78 is 0. The Balaban J connectivity index is 2.87. The Morgan fingerprint density at radius 3 is 2.38 bits per heavy atom. The van der Waals surface area contributed by atoms with Gasteiger partial charge in [0.05, 0.1) is 21.3 Å². The number of nitrogens with two attached hydrogens (primary N) is 1. The molecule has 0 saturated carbocycles. The van der Waals surface area contributed by atoms with Gasteiger partial charge in [-0.05, 0) is 19.9 Å². The topological polar surface area (TPSA) is 141 Å². The number of nitrogens with one attached hydrogen (secondary N) is 1. The van der Waals surface area contributed by atoms with Crippen LogP contribution in [0.4, 0.5) is 11.4 Å². The molecule has 0 aliphatic carbocycles. The molecule has 0 saturated heterocycles. The summed E-state index contributed by atoms with van der Waals surface area (Å²) in [5.41, 5.74) is 4.04. The quantitative estimate of drug-likeness (QED) is 0.570. The number of carbonyl (C=O) groups is 1. The smallest absolute Gasteiger partial charge is 0.280 e. The van der Waals surface area contributed by atoms with Crippen molar-refractivity contribution in [3.8, 4) is 0 Å². The average Bonchev–Trinajstić information content (AvgIpc) is 2.38. The molecule has 0 aromatic heterocycles. The molecule has 0 fully saturated rings. The van der Waals surface area contributed by atoms with E-state index in [0.717, 1.165) is 6.07 Å². The maximum Gasteiger partial charge on any atom is 0.280 e. The Bertz CT molecular complexity index is 585. The number of hydrogen-bond donors (Lipinski definition) is 2. The first-order valence-electron chi connectivity index (χ1n) is 6.07. The second kappa shape index (κ2) is 6.27. The van der Waals surface area contributed by atoms with Gasteiger partial charge in [-0.3, -0.25) is 25.0 Å². The minimum Gasteiger partial charge on any atom is -0.369 e. The number of rotatable bonds is 7. The molecule has 1 amide bonds. The predicted octanol–water partition coefficient (Wildman–Crippen LogP) is 1.10. The third kappa shape index (κ3) is 4.21. The molecule has 0 radical (unpaired) electrons. The van der Waals surface area contributed by atoms with E-state index in [1.54, 1.807) is 13.8 Å². The number of amides is 1. The third-order valence-corrected chi connectivity index (χ3v) is 3.03. The fourth-order valence-corrected chi connectivity index (χ4v) is 1.58. The van der Waals surface area contributed by atoms with E-state index < -0.39 is 21.2 Å². The highest BCUT2D eigenvalue weighted by atomic mass is 16.6. The number of nitro benzene ring substituents is 2. The summed E-state index contributed by atoms with van der Waals surface area (Å²) in [6.45, 7) is 3.63. The lowest BCUT2D eigenvalue weighted by Crippen LogP contribution is -2.40. The Labute approximate surface area is 120 Å². The van der Waals surface area contributed by atoms with Crippen LogP contribution in [-0.4, -0.2) is 22.3 Å². The van der Waals surface area contributed by atoms with Crippen LogP contribution in [0.25, 0.3) is 0 Å². The van der Waals surface area contributed by atoms with Gasteiger partial charge in [0.1, 0.15) is 0 Å². The van der Waals surface area contributed by atoms with Crippen molar-refractivity contribution in [2.24, 2.45) is 11.1 Å². The molecule has 9 nitrogen and oxygen atoms in total. The minimum atomic E-state index is -0.796. The molecule has 3 N–H and O–H groups in total. The first-order chi connectivity index (χ1) is 9.65.